The molecule has 2 rings (SSSR count). The van der Waals surface area contributed by atoms with Crippen LogP contribution in [0.25, 0.3) is 0 Å². The lowest BCUT2D eigenvalue weighted by molar-refractivity contribution is -0.137. The molecule has 0 spiro atoms. The molecule has 1 unspecified atom stereocenters. The van der Waals surface area contributed by atoms with Crippen LogP contribution in [0.1, 0.15) is 42.9 Å². The van der Waals surface area contributed by atoms with Gasteiger partial charge in [0.1, 0.15) is 0 Å². The van der Waals surface area contributed by atoms with Gasteiger partial charge >= 0.3 is 5.97 Å². The second kappa shape index (κ2) is 5.72. The standard InChI is InChI=1S/C15H21NO3/c1-19-10-15(7-8-15)12-4-2-3-11(9-12)13(16)5-6-14(17)18/h2-4,9,13H,5-8,10,16H2,1H3,(H,17,18). The third kappa shape index (κ3) is 3.33. The van der Waals surface area contributed by atoms with E-state index in [1.165, 1.54) is 5.56 Å². The first kappa shape index (κ1) is 14.0. The summed E-state index contributed by atoms with van der Waals surface area (Å²) >= 11 is 0. The number of carboxylic acids is 1. The second-order valence-corrected chi connectivity index (χ2v) is 5.38. The maximum absolute atomic E-state index is 10.6. The molecule has 1 saturated carbocycles. The molecule has 0 aromatic heterocycles. The molecular formula is C15H21NO3. The van der Waals surface area contributed by atoms with E-state index in [0.717, 1.165) is 25.0 Å². The number of benzene rings is 1. The van der Waals surface area contributed by atoms with Crippen molar-refractivity contribution in [1.82, 2.24) is 0 Å². The summed E-state index contributed by atoms with van der Waals surface area (Å²) in [6, 6.07) is 7.98. The molecule has 1 aromatic carbocycles. The Morgan fingerprint density at radius 1 is 1.53 bits per heavy atom. The van der Waals surface area contributed by atoms with E-state index in [1.807, 2.05) is 12.1 Å². The normalized spacial score (nSPS) is 18.0. The molecule has 0 bridgehead atoms. The lowest BCUT2D eigenvalue weighted by Gasteiger charge is -2.18. The monoisotopic (exact) mass is 263 g/mol. The smallest absolute Gasteiger partial charge is 0.303 e. The van der Waals surface area contributed by atoms with Gasteiger partial charge in [-0.3, -0.25) is 4.79 Å². The molecule has 4 nitrogen and oxygen atoms in total. The number of aliphatic carboxylic acids is 1. The van der Waals surface area contributed by atoms with Gasteiger partial charge in [-0.1, -0.05) is 24.3 Å². The lowest BCUT2D eigenvalue weighted by atomic mass is 9.92. The number of carboxylic acid groups (broad SMARTS) is 1. The SMILES string of the molecule is COCC1(c2cccc(C(N)CCC(=O)O)c2)CC1. The van der Waals surface area contributed by atoms with Crippen LogP contribution in [0.15, 0.2) is 24.3 Å². The van der Waals surface area contributed by atoms with Gasteiger partial charge in [0.25, 0.3) is 0 Å². The van der Waals surface area contributed by atoms with E-state index in [-0.39, 0.29) is 17.9 Å². The minimum absolute atomic E-state index is 0.106. The zero-order valence-electron chi connectivity index (χ0n) is 11.3. The van der Waals surface area contributed by atoms with Crippen molar-refractivity contribution in [2.45, 2.75) is 37.1 Å². The number of hydrogen-bond donors (Lipinski definition) is 2. The number of hydrogen-bond acceptors (Lipinski definition) is 3. The van der Waals surface area contributed by atoms with Crippen LogP contribution >= 0.6 is 0 Å². The summed E-state index contributed by atoms with van der Waals surface area (Å²) in [7, 11) is 1.72. The number of ether oxygens (including phenoxy) is 1. The van der Waals surface area contributed by atoms with Crippen LogP contribution in [-0.2, 0) is 14.9 Å². The highest BCUT2D eigenvalue weighted by Crippen LogP contribution is 2.48. The zero-order valence-corrected chi connectivity index (χ0v) is 11.3. The Morgan fingerprint density at radius 3 is 2.84 bits per heavy atom. The molecule has 1 aromatic rings. The number of carbonyl (C=O) groups is 1. The maximum Gasteiger partial charge on any atom is 0.303 e. The van der Waals surface area contributed by atoms with Crippen LogP contribution in [-0.4, -0.2) is 24.8 Å². The van der Waals surface area contributed by atoms with Gasteiger partial charge in [0.15, 0.2) is 0 Å². The molecule has 1 aliphatic carbocycles. The van der Waals surface area contributed by atoms with Crippen molar-refractivity contribution < 1.29 is 14.6 Å². The molecule has 4 heteroatoms. The average Bonchev–Trinajstić information content (AvgIpc) is 3.17. The van der Waals surface area contributed by atoms with Crippen LogP contribution in [0.5, 0.6) is 0 Å². The molecule has 1 aliphatic rings. The Morgan fingerprint density at radius 2 is 2.26 bits per heavy atom. The van der Waals surface area contributed by atoms with Crippen LogP contribution in [0.4, 0.5) is 0 Å². The Labute approximate surface area is 113 Å². The molecule has 104 valence electrons. The highest BCUT2D eigenvalue weighted by atomic mass is 16.5. The van der Waals surface area contributed by atoms with Crippen molar-refractivity contribution in [3.05, 3.63) is 35.4 Å². The molecular weight excluding hydrogens is 242 g/mol. The van der Waals surface area contributed by atoms with E-state index < -0.39 is 5.97 Å². The second-order valence-electron chi connectivity index (χ2n) is 5.38. The first-order chi connectivity index (χ1) is 9.07. The van der Waals surface area contributed by atoms with Crippen molar-refractivity contribution in [2.75, 3.05) is 13.7 Å². The Bertz CT molecular complexity index is 454. The summed E-state index contributed by atoms with van der Waals surface area (Å²) in [5.41, 5.74) is 8.50. The summed E-state index contributed by atoms with van der Waals surface area (Å²) in [6.45, 7) is 0.737. The highest BCUT2D eigenvalue weighted by Gasteiger charge is 2.44. The largest absolute Gasteiger partial charge is 0.481 e. The first-order valence-electron chi connectivity index (χ1n) is 6.64. The lowest BCUT2D eigenvalue weighted by Crippen LogP contribution is -2.16. The predicted molar refractivity (Wildman–Crippen MR) is 73.0 cm³/mol. The minimum atomic E-state index is -0.801. The summed E-state index contributed by atoms with van der Waals surface area (Å²) in [5.74, 6) is -0.801. The van der Waals surface area contributed by atoms with E-state index in [9.17, 15) is 4.79 Å². The average molecular weight is 263 g/mol. The van der Waals surface area contributed by atoms with Gasteiger partial charge in [-0.25, -0.2) is 0 Å². The topological polar surface area (TPSA) is 72.5 Å². The van der Waals surface area contributed by atoms with Gasteiger partial charge in [0.2, 0.25) is 0 Å². The van der Waals surface area contributed by atoms with Gasteiger partial charge < -0.3 is 15.6 Å². The summed E-state index contributed by atoms with van der Waals surface area (Å²) in [4.78, 5) is 10.6. The molecule has 0 heterocycles. The molecule has 0 aliphatic heterocycles. The van der Waals surface area contributed by atoms with Crippen molar-refractivity contribution in [3.63, 3.8) is 0 Å². The Hall–Kier alpha value is -1.39. The molecule has 3 N–H and O–H groups in total. The van der Waals surface area contributed by atoms with Crippen molar-refractivity contribution >= 4 is 5.97 Å². The fraction of sp³-hybridized carbons (Fsp3) is 0.533. The van der Waals surface area contributed by atoms with E-state index >= 15 is 0 Å². The quantitative estimate of drug-likeness (QED) is 0.791. The van der Waals surface area contributed by atoms with Crippen LogP contribution in [0, 0.1) is 0 Å². The van der Waals surface area contributed by atoms with Gasteiger partial charge in [0, 0.05) is 25.0 Å². The summed E-state index contributed by atoms with van der Waals surface area (Å²) < 4.78 is 5.29. The first-order valence-corrected chi connectivity index (χ1v) is 6.64. The molecule has 0 amide bonds. The van der Waals surface area contributed by atoms with E-state index in [1.54, 1.807) is 7.11 Å². The van der Waals surface area contributed by atoms with Gasteiger partial charge in [-0.05, 0) is 30.4 Å². The minimum Gasteiger partial charge on any atom is -0.481 e. The predicted octanol–water partition coefficient (Wildman–Crippen LogP) is 2.23. The fourth-order valence-corrected chi connectivity index (χ4v) is 2.49. The Balaban J connectivity index is 2.09. The molecule has 0 saturated heterocycles. The van der Waals surface area contributed by atoms with Gasteiger partial charge in [0.05, 0.1) is 6.61 Å². The third-order valence-electron chi connectivity index (χ3n) is 3.87. The zero-order chi connectivity index (χ0) is 13.9. The molecule has 0 radical (unpaired) electrons. The van der Waals surface area contributed by atoms with Gasteiger partial charge in [-0.15, -0.1) is 0 Å². The van der Waals surface area contributed by atoms with Crippen molar-refractivity contribution in [3.8, 4) is 0 Å². The maximum atomic E-state index is 10.6. The highest BCUT2D eigenvalue weighted by molar-refractivity contribution is 5.66. The molecule has 1 atom stereocenters. The fourth-order valence-electron chi connectivity index (χ4n) is 2.49. The van der Waals surface area contributed by atoms with E-state index in [0.29, 0.717) is 6.42 Å². The molecule has 19 heavy (non-hydrogen) atoms. The summed E-state index contributed by atoms with van der Waals surface area (Å²) in [5, 5.41) is 8.70. The molecule has 1 fully saturated rings. The number of nitrogens with two attached hydrogens (primary N) is 1. The third-order valence-corrected chi connectivity index (χ3v) is 3.87. The van der Waals surface area contributed by atoms with Gasteiger partial charge in [-0.2, -0.15) is 0 Å². The van der Waals surface area contributed by atoms with Crippen molar-refractivity contribution in [1.29, 1.82) is 0 Å². The number of methoxy groups -OCH3 is 1. The van der Waals surface area contributed by atoms with Crippen LogP contribution < -0.4 is 5.73 Å². The summed E-state index contributed by atoms with van der Waals surface area (Å²) in [6.07, 6.45) is 2.87. The van der Waals surface area contributed by atoms with Crippen LogP contribution in [0.2, 0.25) is 0 Å². The Kier molecular flexibility index (Phi) is 4.22. The van der Waals surface area contributed by atoms with E-state index in [4.69, 9.17) is 15.6 Å². The van der Waals surface area contributed by atoms with Crippen LogP contribution in [0.3, 0.4) is 0 Å². The number of rotatable bonds is 7. The van der Waals surface area contributed by atoms with Crippen molar-refractivity contribution in [2.24, 2.45) is 5.73 Å². The van der Waals surface area contributed by atoms with E-state index in [2.05, 4.69) is 12.1 Å².